The molecule has 0 aromatic carbocycles. The van der Waals surface area contributed by atoms with E-state index in [1.165, 1.54) is 7.11 Å². The minimum Gasteiger partial charge on any atom is -0.511 e. The van der Waals surface area contributed by atoms with Crippen LogP contribution in [-0.2, 0) is 23.9 Å². The molecule has 1 saturated heterocycles. The fourth-order valence-corrected chi connectivity index (χ4v) is 3.94. The largest absolute Gasteiger partial charge is 0.511 e. The van der Waals surface area contributed by atoms with Gasteiger partial charge in [0.05, 0.1) is 18.4 Å². The van der Waals surface area contributed by atoms with Crippen molar-refractivity contribution in [3.8, 4) is 0 Å². The highest BCUT2D eigenvalue weighted by molar-refractivity contribution is 6.23. The summed E-state index contributed by atoms with van der Waals surface area (Å²) in [7, 11) is 1.30. The number of allylic oxidation sites excluding steroid dienone is 1. The van der Waals surface area contributed by atoms with Gasteiger partial charge in [-0.25, -0.2) is 0 Å². The minimum absolute atomic E-state index is 0.129. The van der Waals surface area contributed by atoms with E-state index in [2.05, 4.69) is 5.16 Å². The predicted molar refractivity (Wildman–Crippen MR) is 100 cm³/mol. The Morgan fingerprint density at radius 2 is 2.00 bits per heavy atom. The van der Waals surface area contributed by atoms with E-state index in [1.54, 1.807) is 6.92 Å². The Balaban J connectivity index is 2.35. The molecule has 1 aliphatic heterocycles. The molecule has 1 aliphatic carbocycles. The number of aliphatic hydroxyl groups is 1. The van der Waals surface area contributed by atoms with E-state index < -0.39 is 11.9 Å². The lowest BCUT2D eigenvalue weighted by molar-refractivity contribution is -0.148. The highest BCUT2D eigenvalue weighted by atomic mass is 16.6. The summed E-state index contributed by atoms with van der Waals surface area (Å²) in [6, 6.07) is 0. The van der Waals surface area contributed by atoms with Crippen LogP contribution < -0.4 is 0 Å². The molecule has 1 heterocycles. The van der Waals surface area contributed by atoms with Crippen LogP contribution in [0.15, 0.2) is 16.5 Å². The summed E-state index contributed by atoms with van der Waals surface area (Å²) in [5.41, 5.74) is 0.532. The number of hydrogen-bond acceptors (Lipinski definition) is 7. The van der Waals surface area contributed by atoms with Crippen LogP contribution in [0.5, 0.6) is 0 Å². The van der Waals surface area contributed by atoms with E-state index in [-0.39, 0.29) is 29.5 Å². The van der Waals surface area contributed by atoms with E-state index in [4.69, 9.17) is 14.3 Å². The zero-order valence-electron chi connectivity index (χ0n) is 16.5. The Kier molecular flexibility index (Phi) is 8.28. The molecule has 0 aromatic rings. The standard InChI is InChI=1S/C20H31NO6/c1-4-6-15(21-27-5-2)18-16(22)12-14(11-13-7-9-26-10-8-13)17(19(18)23)20(24)25-3/h13-14,17,23H,4-12H2,1-3H3/b21-15+. The molecule has 2 rings (SSSR count). The predicted octanol–water partition coefficient (Wildman–Crippen LogP) is 3.19. The van der Waals surface area contributed by atoms with Crippen molar-refractivity contribution in [3.05, 3.63) is 11.3 Å². The fraction of sp³-hybridized carbons (Fsp3) is 0.750. The van der Waals surface area contributed by atoms with Crippen molar-refractivity contribution >= 4 is 17.5 Å². The number of hydrogen-bond donors (Lipinski definition) is 1. The summed E-state index contributed by atoms with van der Waals surface area (Å²) in [5.74, 6) is -1.65. The Hall–Kier alpha value is -1.89. The number of aliphatic hydroxyl groups excluding tert-OH is 1. The van der Waals surface area contributed by atoms with Gasteiger partial charge in [0.2, 0.25) is 0 Å². The molecule has 27 heavy (non-hydrogen) atoms. The number of methoxy groups -OCH3 is 1. The van der Waals surface area contributed by atoms with Gasteiger partial charge >= 0.3 is 5.97 Å². The van der Waals surface area contributed by atoms with Crippen molar-refractivity contribution in [2.24, 2.45) is 22.9 Å². The maximum atomic E-state index is 12.9. The van der Waals surface area contributed by atoms with Crippen LogP contribution >= 0.6 is 0 Å². The number of carbonyl (C=O) groups excluding carboxylic acids is 2. The molecular weight excluding hydrogens is 350 g/mol. The summed E-state index contributed by atoms with van der Waals surface area (Å²) < 4.78 is 10.3. The van der Waals surface area contributed by atoms with Crippen molar-refractivity contribution in [1.29, 1.82) is 0 Å². The number of Topliss-reactive ketones (excluding diaryl/α,β-unsaturated/α-hetero) is 1. The molecule has 1 N–H and O–H groups in total. The van der Waals surface area contributed by atoms with Gasteiger partial charge in [0.25, 0.3) is 0 Å². The van der Waals surface area contributed by atoms with E-state index in [0.29, 0.717) is 44.3 Å². The molecule has 152 valence electrons. The SMILES string of the molecule is CCC/C(=N\OCC)C1=C(O)C(C(=O)OC)C(CC2CCOCC2)CC1=O. The van der Waals surface area contributed by atoms with Gasteiger partial charge in [-0.2, -0.15) is 0 Å². The highest BCUT2D eigenvalue weighted by Gasteiger charge is 2.43. The molecule has 0 radical (unpaired) electrons. The molecule has 7 nitrogen and oxygen atoms in total. The molecule has 0 bridgehead atoms. The van der Waals surface area contributed by atoms with Crippen LogP contribution in [-0.4, -0.2) is 49.5 Å². The van der Waals surface area contributed by atoms with E-state index in [1.807, 2.05) is 6.92 Å². The minimum atomic E-state index is -0.839. The third kappa shape index (κ3) is 5.31. The summed E-state index contributed by atoms with van der Waals surface area (Å²) in [4.78, 5) is 30.4. The number of ketones is 1. The number of rotatable bonds is 8. The van der Waals surface area contributed by atoms with Gasteiger partial charge in [0.15, 0.2) is 5.78 Å². The number of nitrogens with zero attached hydrogens (tertiary/aromatic N) is 1. The molecular formula is C20H31NO6. The summed E-state index contributed by atoms with van der Waals surface area (Å²) in [6.07, 6.45) is 3.93. The molecule has 0 amide bonds. The molecule has 0 aromatic heterocycles. The van der Waals surface area contributed by atoms with Crippen LogP contribution in [0.1, 0.15) is 52.4 Å². The van der Waals surface area contributed by atoms with E-state index in [0.717, 1.165) is 19.3 Å². The lowest BCUT2D eigenvalue weighted by Gasteiger charge is -2.33. The maximum absolute atomic E-state index is 12.9. The smallest absolute Gasteiger partial charge is 0.316 e. The molecule has 2 aliphatic rings. The molecule has 7 heteroatoms. The topological polar surface area (TPSA) is 94.4 Å². The second-order valence-corrected chi connectivity index (χ2v) is 7.15. The van der Waals surface area contributed by atoms with Crippen molar-refractivity contribution < 1.29 is 29.0 Å². The summed E-state index contributed by atoms with van der Waals surface area (Å²) in [6.45, 7) is 5.51. The first-order valence-electron chi connectivity index (χ1n) is 9.84. The number of ether oxygens (including phenoxy) is 2. The fourth-order valence-electron chi connectivity index (χ4n) is 3.94. The van der Waals surface area contributed by atoms with Crippen LogP contribution in [0.2, 0.25) is 0 Å². The second kappa shape index (κ2) is 10.4. The molecule has 0 spiro atoms. The van der Waals surface area contributed by atoms with Gasteiger partial charge in [0, 0.05) is 19.6 Å². The Labute approximate surface area is 160 Å². The van der Waals surface area contributed by atoms with Gasteiger partial charge in [0.1, 0.15) is 18.3 Å². The van der Waals surface area contributed by atoms with Crippen LogP contribution in [0.4, 0.5) is 0 Å². The number of esters is 1. The average Bonchev–Trinajstić information content (AvgIpc) is 2.66. The van der Waals surface area contributed by atoms with E-state index >= 15 is 0 Å². The monoisotopic (exact) mass is 381 g/mol. The summed E-state index contributed by atoms with van der Waals surface area (Å²) >= 11 is 0. The van der Waals surface area contributed by atoms with Crippen molar-refractivity contribution in [3.63, 3.8) is 0 Å². The molecule has 2 atom stereocenters. The van der Waals surface area contributed by atoms with E-state index in [9.17, 15) is 14.7 Å². The van der Waals surface area contributed by atoms with Gasteiger partial charge < -0.3 is 19.4 Å². The van der Waals surface area contributed by atoms with Gasteiger partial charge in [-0.3, -0.25) is 9.59 Å². The first kappa shape index (κ1) is 21.4. The van der Waals surface area contributed by atoms with Crippen molar-refractivity contribution in [2.45, 2.75) is 52.4 Å². The summed E-state index contributed by atoms with van der Waals surface area (Å²) in [5, 5.41) is 14.9. The highest BCUT2D eigenvalue weighted by Crippen LogP contribution is 2.39. The Morgan fingerprint density at radius 3 is 2.59 bits per heavy atom. The third-order valence-electron chi connectivity index (χ3n) is 5.26. The Bertz CT molecular complexity index is 591. The lowest BCUT2D eigenvalue weighted by atomic mass is 9.72. The lowest BCUT2D eigenvalue weighted by Crippen LogP contribution is -2.38. The molecule has 0 saturated carbocycles. The van der Waals surface area contributed by atoms with Crippen molar-refractivity contribution in [2.75, 3.05) is 26.9 Å². The van der Waals surface area contributed by atoms with Gasteiger partial charge in [-0.05, 0) is 44.4 Å². The molecule has 1 fully saturated rings. The van der Waals surface area contributed by atoms with Crippen LogP contribution in [0.3, 0.4) is 0 Å². The normalized spacial score (nSPS) is 24.9. The average molecular weight is 381 g/mol. The Morgan fingerprint density at radius 1 is 1.30 bits per heavy atom. The third-order valence-corrected chi connectivity index (χ3v) is 5.26. The van der Waals surface area contributed by atoms with Gasteiger partial charge in [-0.15, -0.1) is 0 Å². The second-order valence-electron chi connectivity index (χ2n) is 7.15. The van der Waals surface area contributed by atoms with Crippen LogP contribution in [0, 0.1) is 17.8 Å². The number of carbonyl (C=O) groups is 2. The van der Waals surface area contributed by atoms with Gasteiger partial charge in [-0.1, -0.05) is 18.5 Å². The van der Waals surface area contributed by atoms with Crippen LogP contribution in [0.25, 0.3) is 0 Å². The zero-order valence-corrected chi connectivity index (χ0v) is 16.5. The quantitative estimate of drug-likeness (QED) is 0.394. The maximum Gasteiger partial charge on any atom is 0.316 e. The molecule has 2 unspecified atom stereocenters. The first-order chi connectivity index (χ1) is 13.0. The van der Waals surface area contributed by atoms with Crippen molar-refractivity contribution in [1.82, 2.24) is 0 Å². The zero-order chi connectivity index (χ0) is 19.8. The first-order valence-corrected chi connectivity index (χ1v) is 9.84. The number of oxime groups is 1.